The quantitative estimate of drug-likeness (QED) is 0.882. The molecule has 0 aliphatic carbocycles. The summed E-state index contributed by atoms with van der Waals surface area (Å²) in [6.07, 6.45) is 5.23. The van der Waals surface area contributed by atoms with Gasteiger partial charge in [0, 0.05) is 25.5 Å². The largest absolute Gasteiger partial charge is 0.349 e. The molecule has 0 bridgehead atoms. The average Bonchev–Trinajstić information content (AvgIpc) is 2.70. The van der Waals surface area contributed by atoms with E-state index in [0.29, 0.717) is 13.1 Å². The minimum Gasteiger partial charge on any atom is -0.349 e. The molecular formula is C21H24FN3O2. The Labute approximate surface area is 158 Å². The second kappa shape index (κ2) is 8.75. The molecule has 142 valence electrons. The van der Waals surface area contributed by atoms with Gasteiger partial charge >= 0.3 is 0 Å². The van der Waals surface area contributed by atoms with Crippen LogP contribution in [0.1, 0.15) is 36.9 Å². The lowest BCUT2D eigenvalue weighted by Crippen LogP contribution is -2.46. The fourth-order valence-electron chi connectivity index (χ4n) is 3.35. The number of aromatic nitrogens is 1. The van der Waals surface area contributed by atoms with E-state index in [1.54, 1.807) is 29.4 Å². The van der Waals surface area contributed by atoms with Crippen molar-refractivity contribution in [3.05, 3.63) is 65.7 Å². The van der Waals surface area contributed by atoms with Crippen molar-refractivity contribution in [2.45, 2.75) is 32.2 Å². The van der Waals surface area contributed by atoms with Crippen LogP contribution in [0.5, 0.6) is 0 Å². The molecule has 2 heterocycles. The van der Waals surface area contributed by atoms with E-state index in [9.17, 15) is 14.0 Å². The predicted molar refractivity (Wildman–Crippen MR) is 100 cm³/mol. The summed E-state index contributed by atoms with van der Waals surface area (Å²) in [7, 11) is 0. The van der Waals surface area contributed by atoms with Gasteiger partial charge in [0.2, 0.25) is 11.8 Å². The van der Waals surface area contributed by atoms with Crippen LogP contribution in [0.3, 0.4) is 0 Å². The van der Waals surface area contributed by atoms with E-state index in [0.717, 1.165) is 24.0 Å². The molecule has 1 aliphatic rings. The topological polar surface area (TPSA) is 62.3 Å². The summed E-state index contributed by atoms with van der Waals surface area (Å²) < 4.78 is 13.0. The van der Waals surface area contributed by atoms with Crippen LogP contribution in [0.4, 0.5) is 4.39 Å². The molecule has 1 aromatic heterocycles. The third-order valence-electron chi connectivity index (χ3n) is 4.96. The Kier molecular flexibility index (Phi) is 6.16. The molecule has 0 saturated carbocycles. The summed E-state index contributed by atoms with van der Waals surface area (Å²) >= 11 is 0. The standard InChI is InChI=1S/C21H24FN3O2/c1-15(17-4-2-10-23-13-17)24-21(27)18-5-3-11-25(14-18)20(26)12-16-6-8-19(22)9-7-16/h2,4,6-10,13,15,18H,3,5,11-12,14H2,1H3,(H,24,27)/t15-,18+/m1/s1. The van der Waals surface area contributed by atoms with Crippen molar-refractivity contribution < 1.29 is 14.0 Å². The first-order valence-corrected chi connectivity index (χ1v) is 9.25. The van der Waals surface area contributed by atoms with Gasteiger partial charge in [-0.1, -0.05) is 18.2 Å². The van der Waals surface area contributed by atoms with Gasteiger partial charge in [-0.3, -0.25) is 14.6 Å². The van der Waals surface area contributed by atoms with Crippen molar-refractivity contribution in [1.29, 1.82) is 0 Å². The summed E-state index contributed by atoms with van der Waals surface area (Å²) in [5, 5.41) is 3.02. The van der Waals surface area contributed by atoms with Crippen LogP contribution in [0.15, 0.2) is 48.8 Å². The van der Waals surface area contributed by atoms with Crippen molar-refractivity contribution >= 4 is 11.8 Å². The maximum atomic E-state index is 13.0. The normalized spacial score (nSPS) is 18.0. The van der Waals surface area contributed by atoms with Crippen molar-refractivity contribution in [2.75, 3.05) is 13.1 Å². The smallest absolute Gasteiger partial charge is 0.227 e. The molecule has 0 radical (unpaired) electrons. The van der Waals surface area contributed by atoms with Crippen LogP contribution >= 0.6 is 0 Å². The highest BCUT2D eigenvalue weighted by molar-refractivity contribution is 5.82. The predicted octanol–water partition coefficient (Wildman–Crippen LogP) is 2.88. The molecule has 0 unspecified atom stereocenters. The molecule has 3 rings (SSSR count). The number of halogens is 1. The molecule has 27 heavy (non-hydrogen) atoms. The Hall–Kier alpha value is -2.76. The summed E-state index contributed by atoms with van der Waals surface area (Å²) in [5.74, 6) is -0.594. The van der Waals surface area contributed by atoms with E-state index < -0.39 is 0 Å². The van der Waals surface area contributed by atoms with Gasteiger partial charge in [-0.05, 0) is 49.1 Å². The molecule has 1 N–H and O–H groups in total. The third kappa shape index (κ3) is 5.12. The number of nitrogens with zero attached hydrogens (tertiary/aromatic N) is 2. The van der Waals surface area contributed by atoms with Crippen LogP contribution in [-0.4, -0.2) is 34.8 Å². The fourth-order valence-corrected chi connectivity index (χ4v) is 3.35. The SMILES string of the molecule is C[C@@H](NC(=O)[C@H]1CCCN(C(=O)Cc2ccc(F)cc2)C1)c1cccnc1. The maximum absolute atomic E-state index is 13.0. The van der Waals surface area contributed by atoms with Crippen molar-refractivity contribution in [2.24, 2.45) is 5.92 Å². The first-order valence-electron chi connectivity index (χ1n) is 9.25. The molecule has 1 aliphatic heterocycles. The van der Waals surface area contributed by atoms with Gasteiger partial charge in [0.15, 0.2) is 0 Å². The number of carbonyl (C=O) groups excluding carboxylic acids is 2. The molecule has 1 fully saturated rings. The molecule has 6 heteroatoms. The summed E-state index contributed by atoms with van der Waals surface area (Å²) in [5.41, 5.74) is 1.73. The fraction of sp³-hybridized carbons (Fsp3) is 0.381. The molecule has 5 nitrogen and oxygen atoms in total. The number of hydrogen-bond acceptors (Lipinski definition) is 3. The number of benzene rings is 1. The lowest BCUT2D eigenvalue weighted by molar-refractivity contribution is -0.135. The van der Waals surface area contributed by atoms with Crippen molar-refractivity contribution in [3.63, 3.8) is 0 Å². The second-order valence-electron chi connectivity index (χ2n) is 7.00. The Bertz CT molecular complexity index is 780. The lowest BCUT2D eigenvalue weighted by atomic mass is 9.96. The first kappa shape index (κ1) is 19.0. The minimum atomic E-state index is -0.316. The van der Waals surface area contributed by atoms with Crippen LogP contribution < -0.4 is 5.32 Å². The monoisotopic (exact) mass is 369 g/mol. The highest BCUT2D eigenvalue weighted by atomic mass is 19.1. The van der Waals surface area contributed by atoms with E-state index in [1.807, 2.05) is 19.1 Å². The Balaban J connectivity index is 1.55. The molecule has 0 spiro atoms. The molecule has 2 amide bonds. The summed E-state index contributed by atoms with van der Waals surface area (Å²) in [6.45, 7) is 3.00. The number of amides is 2. The molecule has 2 aromatic rings. The van der Waals surface area contributed by atoms with Gasteiger partial charge < -0.3 is 10.2 Å². The number of carbonyl (C=O) groups is 2. The lowest BCUT2D eigenvalue weighted by Gasteiger charge is -2.32. The Morgan fingerprint density at radius 1 is 1.30 bits per heavy atom. The molecular weight excluding hydrogens is 345 g/mol. The number of rotatable bonds is 5. The van der Waals surface area contributed by atoms with Gasteiger partial charge in [-0.25, -0.2) is 4.39 Å². The van der Waals surface area contributed by atoms with Gasteiger partial charge in [0.05, 0.1) is 18.4 Å². The Morgan fingerprint density at radius 3 is 2.78 bits per heavy atom. The van der Waals surface area contributed by atoms with Crippen molar-refractivity contribution in [1.82, 2.24) is 15.2 Å². The zero-order valence-electron chi connectivity index (χ0n) is 15.4. The molecule has 1 aromatic carbocycles. The maximum Gasteiger partial charge on any atom is 0.227 e. The third-order valence-corrected chi connectivity index (χ3v) is 4.96. The van der Waals surface area contributed by atoms with E-state index in [-0.39, 0.29) is 36.0 Å². The summed E-state index contributed by atoms with van der Waals surface area (Å²) in [6, 6.07) is 9.60. The number of piperidine rings is 1. The van der Waals surface area contributed by atoms with Crippen LogP contribution in [0.25, 0.3) is 0 Å². The van der Waals surface area contributed by atoms with Crippen LogP contribution in [0.2, 0.25) is 0 Å². The number of hydrogen-bond donors (Lipinski definition) is 1. The highest BCUT2D eigenvalue weighted by Gasteiger charge is 2.29. The number of likely N-dealkylation sites (tertiary alicyclic amines) is 1. The van der Waals surface area contributed by atoms with E-state index in [2.05, 4.69) is 10.3 Å². The minimum absolute atomic E-state index is 0.0283. The van der Waals surface area contributed by atoms with Gasteiger partial charge in [0.25, 0.3) is 0 Å². The highest BCUT2D eigenvalue weighted by Crippen LogP contribution is 2.20. The zero-order chi connectivity index (χ0) is 19.2. The van der Waals surface area contributed by atoms with Gasteiger partial charge in [-0.15, -0.1) is 0 Å². The van der Waals surface area contributed by atoms with Gasteiger partial charge in [0.1, 0.15) is 5.82 Å². The van der Waals surface area contributed by atoms with Crippen LogP contribution in [0, 0.1) is 11.7 Å². The average molecular weight is 369 g/mol. The molecule has 1 saturated heterocycles. The number of nitrogens with one attached hydrogen (secondary N) is 1. The Morgan fingerprint density at radius 2 is 2.07 bits per heavy atom. The summed E-state index contributed by atoms with van der Waals surface area (Å²) in [4.78, 5) is 31.0. The van der Waals surface area contributed by atoms with E-state index in [4.69, 9.17) is 0 Å². The van der Waals surface area contributed by atoms with Crippen LogP contribution in [-0.2, 0) is 16.0 Å². The van der Waals surface area contributed by atoms with Gasteiger partial charge in [-0.2, -0.15) is 0 Å². The number of pyridine rings is 1. The van der Waals surface area contributed by atoms with Crippen molar-refractivity contribution in [3.8, 4) is 0 Å². The zero-order valence-corrected chi connectivity index (χ0v) is 15.4. The molecule has 2 atom stereocenters. The first-order chi connectivity index (χ1) is 13.0. The van der Waals surface area contributed by atoms with E-state index >= 15 is 0 Å². The van der Waals surface area contributed by atoms with E-state index in [1.165, 1.54) is 12.1 Å². The second-order valence-corrected chi connectivity index (χ2v) is 7.00.